The third-order valence-electron chi connectivity index (χ3n) is 2.88. The van der Waals surface area contributed by atoms with Crippen LogP contribution in [0.15, 0.2) is 18.2 Å². The molecule has 0 saturated carbocycles. The molecule has 0 amide bonds. The fraction of sp³-hybridized carbons (Fsp3) is 0.417. The highest BCUT2D eigenvalue weighted by molar-refractivity contribution is 5.84. The Balaban J connectivity index is 2.31. The van der Waals surface area contributed by atoms with E-state index < -0.39 is 0 Å². The van der Waals surface area contributed by atoms with Gasteiger partial charge in [-0.15, -0.1) is 0 Å². The molecule has 3 heteroatoms. The second-order valence-electron chi connectivity index (χ2n) is 4.16. The summed E-state index contributed by atoms with van der Waals surface area (Å²) in [6.07, 6.45) is 1.86. The first-order chi connectivity index (χ1) is 7.20. The quantitative estimate of drug-likeness (QED) is 0.694. The summed E-state index contributed by atoms with van der Waals surface area (Å²) in [5, 5.41) is 0. The fourth-order valence-electron chi connectivity index (χ4n) is 2.06. The van der Waals surface area contributed by atoms with Gasteiger partial charge in [0.2, 0.25) is 0 Å². The first kappa shape index (κ1) is 10.1. The maximum absolute atomic E-state index is 12.9. The fourth-order valence-corrected chi connectivity index (χ4v) is 2.06. The van der Waals surface area contributed by atoms with E-state index >= 15 is 0 Å². The zero-order chi connectivity index (χ0) is 10.8. The Morgan fingerprint density at radius 3 is 2.93 bits per heavy atom. The first-order valence-electron chi connectivity index (χ1n) is 5.20. The topological polar surface area (TPSA) is 20.3 Å². The summed E-state index contributed by atoms with van der Waals surface area (Å²) in [4.78, 5) is 13.0. The third kappa shape index (κ3) is 2.01. The normalized spacial score (nSPS) is 20.7. The molecule has 80 valence electrons. The number of aldehydes is 1. The number of anilines is 1. The van der Waals surface area contributed by atoms with Gasteiger partial charge >= 0.3 is 0 Å². The molecule has 1 aliphatic rings. The van der Waals surface area contributed by atoms with Crippen molar-refractivity contribution in [3.8, 4) is 0 Å². The molecule has 0 aromatic heterocycles. The van der Waals surface area contributed by atoms with Crippen molar-refractivity contribution in [1.29, 1.82) is 0 Å². The first-order valence-corrected chi connectivity index (χ1v) is 5.20. The van der Waals surface area contributed by atoms with Crippen molar-refractivity contribution >= 4 is 12.0 Å². The molecule has 1 unspecified atom stereocenters. The van der Waals surface area contributed by atoms with E-state index in [1.807, 2.05) is 0 Å². The molecular weight excluding hydrogens is 193 g/mol. The van der Waals surface area contributed by atoms with Crippen molar-refractivity contribution in [1.82, 2.24) is 0 Å². The summed E-state index contributed by atoms with van der Waals surface area (Å²) in [6.45, 7) is 4.09. The molecule has 0 N–H and O–H groups in total. The maximum Gasteiger partial charge on any atom is 0.152 e. The SMILES string of the molecule is CC1CCN(c2ccc(F)cc2C=O)C1. The van der Waals surface area contributed by atoms with Crippen molar-refractivity contribution in [2.45, 2.75) is 13.3 Å². The van der Waals surface area contributed by atoms with Crippen LogP contribution in [0.3, 0.4) is 0 Å². The molecule has 1 atom stereocenters. The second-order valence-corrected chi connectivity index (χ2v) is 4.16. The molecule has 1 saturated heterocycles. The van der Waals surface area contributed by atoms with Crippen LogP contribution in [0.25, 0.3) is 0 Å². The van der Waals surface area contributed by atoms with Crippen LogP contribution < -0.4 is 4.90 Å². The minimum absolute atomic E-state index is 0.354. The van der Waals surface area contributed by atoms with E-state index in [4.69, 9.17) is 0 Å². The van der Waals surface area contributed by atoms with Crippen LogP contribution in [-0.2, 0) is 0 Å². The van der Waals surface area contributed by atoms with E-state index in [0.717, 1.165) is 31.5 Å². The molecule has 1 aromatic rings. The van der Waals surface area contributed by atoms with E-state index in [9.17, 15) is 9.18 Å². The Hall–Kier alpha value is -1.38. The van der Waals surface area contributed by atoms with Crippen molar-refractivity contribution < 1.29 is 9.18 Å². The van der Waals surface area contributed by atoms with Gasteiger partial charge in [0.15, 0.2) is 6.29 Å². The van der Waals surface area contributed by atoms with Crippen LogP contribution in [0.5, 0.6) is 0 Å². The largest absolute Gasteiger partial charge is 0.371 e. The van der Waals surface area contributed by atoms with Crippen LogP contribution in [0.1, 0.15) is 23.7 Å². The Bertz CT molecular complexity index is 378. The van der Waals surface area contributed by atoms with Gasteiger partial charge in [0, 0.05) is 24.3 Å². The summed E-state index contributed by atoms with van der Waals surface area (Å²) in [6, 6.07) is 4.40. The van der Waals surface area contributed by atoms with E-state index in [1.165, 1.54) is 12.1 Å². The zero-order valence-electron chi connectivity index (χ0n) is 8.74. The number of carbonyl (C=O) groups excluding carboxylic acids is 1. The van der Waals surface area contributed by atoms with Crippen molar-refractivity contribution in [3.05, 3.63) is 29.6 Å². The number of halogens is 1. The van der Waals surface area contributed by atoms with Crippen molar-refractivity contribution in [2.75, 3.05) is 18.0 Å². The predicted molar refractivity (Wildman–Crippen MR) is 57.8 cm³/mol. The van der Waals surface area contributed by atoms with Crippen LogP contribution in [-0.4, -0.2) is 19.4 Å². The predicted octanol–water partition coefficient (Wildman–Crippen LogP) is 2.48. The van der Waals surface area contributed by atoms with Gasteiger partial charge < -0.3 is 4.90 Å². The van der Waals surface area contributed by atoms with Gasteiger partial charge in [-0.1, -0.05) is 6.92 Å². The number of carbonyl (C=O) groups is 1. The molecule has 1 aliphatic heterocycles. The number of hydrogen-bond acceptors (Lipinski definition) is 2. The minimum atomic E-state index is -0.354. The van der Waals surface area contributed by atoms with Gasteiger partial charge in [0.1, 0.15) is 5.82 Å². The summed E-state index contributed by atoms with van der Waals surface area (Å²) in [7, 11) is 0. The lowest BCUT2D eigenvalue weighted by molar-refractivity contribution is 0.112. The highest BCUT2D eigenvalue weighted by Crippen LogP contribution is 2.26. The van der Waals surface area contributed by atoms with E-state index in [-0.39, 0.29) is 5.82 Å². The number of nitrogens with zero attached hydrogens (tertiary/aromatic N) is 1. The molecule has 15 heavy (non-hydrogen) atoms. The Labute approximate surface area is 88.7 Å². The maximum atomic E-state index is 12.9. The standard InChI is InChI=1S/C12H14FNO/c1-9-4-5-14(7-9)12-3-2-11(13)6-10(12)8-15/h2-3,6,8-9H,4-5,7H2,1H3. The molecule has 0 radical (unpaired) electrons. The van der Waals surface area contributed by atoms with Crippen molar-refractivity contribution in [2.24, 2.45) is 5.92 Å². The second kappa shape index (κ2) is 4.01. The van der Waals surface area contributed by atoms with Gasteiger partial charge in [-0.3, -0.25) is 4.79 Å². The highest BCUT2D eigenvalue weighted by Gasteiger charge is 2.20. The van der Waals surface area contributed by atoms with Gasteiger partial charge in [-0.05, 0) is 30.5 Å². The van der Waals surface area contributed by atoms with E-state index in [1.54, 1.807) is 6.07 Å². The summed E-state index contributed by atoms with van der Waals surface area (Å²) < 4.78 is 12.9. The van der Waals surface area contributed by atoms with Crippen molar-refractivity contribution in [3.63, 3.8) is 0 Å². The molecular formula is C12H14FNO. The monoisotopic (exact) mass is 207 g/mol. The molecule has 1 fully saturated rings. The molecule has 1 aromatic carbocycles. The zero-order valence-corrected chi connectivity index (χ0v) is 8.74. The Morgan fingerprint density at radius 2 is 2.33 bits per heavy atom. The lowest BCUT2D eigenvalue weighted by Gasteiger charge is -2.19. The minimum Gasteiger partial charge on any atom is -0.371 e. The Morgan fingerprint density at radius 1 is 1.53 bits per heavy atom. The van der Waals surface area contributed by atoms with Crippen LogP contribution in [0, 0.1) is 11.7 Å². The molecule has 0 aliphatic carbocycles. The smallest absolute Gasteiger partial charge is 0.152 e. The Kier molecular flexibility index (Phi) is 2.71. The highest BCUT2D eigenvalue weighted by atomic mass is 19.1. The molecule has 1 heterocycles. The average molecular weight is 207 g/mol. The summed E-state index contributed by atoms with van der Waals surface area (Å²) in [5.74, 6) is 0.294. The van der Waals surface area contributed by atoms with Crippen LogP contribution in [0.4, 0.5) is 10.1 Å². The number of rotatable bonds is 2. The van der Waals surface area contributed by atoms with Crippen LogP contribution in [0.2, 0.25) is 0 Å². The van der Waals surface area contributed by atoms with Gasteiger partial charge in [0.25, 0.3) is 0 Å². The van der Waals surface area contributed by atoms with Crippen LogP contribution >= 0.6 is 0 Å². The molecule has 2 rings (SSSR count). The lowest BCUT2D eigenvalue weighted by Crippen LogP contribution is -2.20. The summed E-state index contributed by atoms with van der Waals surface area (Å²) in [5.41, 5.74) is 1.31. The molecule has 0 bridgehead atoms. The third-order valence-corrected chi connectivity index (χ3v) is 2.88. The number of benzene rings is 1. The van der Waals surface area contributed by atoms with Gasteiger partial charge in [-0.25, -0.2) is 4.39 Å². The lowest BCUT2D eigenvalue weighted by atomic mass is 10.1. The van der Waals surface area contributed by atoms with E-state index in [0.29, 0.717) is 11.5 Å². The number of hydrogen-bond donors (Lipinski definition) is 0. The average Bonchev–Trinajstić information content (AvgIpc) is 2.64. The van der Waals surface area contributed by atoms with Gasteiger partial charge in [-0.2, -0.15) is 0 Å². The summed E-state index contributed by atoms with van der Waals surface area (Å²) >= 11 is 0. The molecule has 0 spiro atoms. The van der Waals surface area contributed by atoms with Gasteiger partial charge in [0.05, 0.1) is 0 Å². The molecule has 2 nitrogen and oxygen atoms in total. The van der Waals surface area contributed by atoms with E-state index in [2.05, 4.69) is 11.8 Å².